The Balaban J connectivity index is 0.000000608. The van der Waals surface area contributed by atoms with Crippen LogP contribution in [0, 0.1) is 23.7 Å². The molecule has 150 heavy (non-hydrogen) atoms. The molecule has 7 N–H and O–H groups in total. The van der Waals surface area contributed by atoms with Gasteiger partial charge in [0.25, 0.3) is 32.1 Å². The zero-order chi connectivity index (χ0) is 113. The molecule has 7 aliphatic rings. The molecule has 8 bridgehead atoms. The number of carbonyl (C=O) groups is 12. The molecule has 2 unspecified atom stereocenters. The maximum atomic E-state index is 14.4. The van der Waals surface area contributed by atoms with Crippen LogP contribution in [0.4, 0.5) is 21.0 Å². The topological polar surface area (TPSA) is 509 Å². The van der Waals surface area contributed by atoms with Crippen molar-refractivity contribution in [3.05, 3.63) is 117 Å². The summed E-state index contributed by atoms with van der Waals surface area (Å²) in [5, 5.41) is 28.9. The van der Waals surface area contributed by atoms with E-state index in [1.165, 1.54) is 106 Å². The van der Waals surface area contributed by atoms with E-state index in [1.54, 1.807) is 96.8 Å². The van der Waals surface area contributed by atoms with Gasteiger partial charge in [0.2, 0.25) is 29.5 Å². The Labute approximate surface area is 918 Å². The lowest BCUT2D eigenvalue weighted by Gasteiger charge is -2.42. The number of aliphatic hydroxyl groups is 2. The number of rotatable bonds is 33. The van der Waals surface area contributed by atoms with E-state index >= 15 is 0 Å². The second-order valence-corrected chi connectivity index (χ2v) is 49.2. The third-order valence-corrected chi connectivity index (χ3v) is 35.7. The first-order valence-electron chi connectivity index (χ1n) is 49.4. The van der Waals surface area contributed by atoms with E-state index in [-0.39, 0.29) is 158 Å². The molecule has 0 radical (unpaired) electrons. The fourth-order valence-corrected chi connectivity index (χ4v) is 24.6. The lowest BCUT2D eigenvalue weighted by atomic mass is 9.77. The summed E-state index contributed by atoms with van der Waals surface area (Å²) >= 11 is 18.1. The zero-order valence-electron chi connectivity index (χ0n) is 90.2. The largest absolute Gasteiger partial charge is 0.495 e. The molecule has 0 saturated carbocycles. The molecule has 7 aliphatic heterocycles. The van der Waals surface area contributed by atoms with Crippen molar-refractivity contribution >= 4 is 182 Å². The van der Waals surface area contributed by atoms with Crippen LogP contribution >= 0.6 is 79.0 Å². The number of allylic oxidation sites excluding steroid dienone is 6. The molecule has 9 amide bonds. The molecule has 846 valence electrons. The highest BCUT2D eigenvalue weighted by molar-refractivity contribution is 8.77. The Morgan fingerprint density at radius 2 is 1.05 bits per heavy atom. The predicted octanol–water partition coefficient (Wildman–Crippen LogP) is 16.2. The van der Waals surface area contributed by atoms with E-state index in [2.05, 4.69) is 38.4 Å². The van der Waals surface area contributed by atoms with Crippen molar-refractivity contribution in [1.29, 1.82) is 0 Å². The number of halogens is 2. The van der Waals surface area contributed by atoms with E-state index in [1.807, 2.05) is 127 Å². The van der Waals surface area contributed by atoms with Crippen LogP contribution in [-0.4, -0.2) is 294 Å². The summed E-state index contributed by atoms with van der Waals surface area (Å²) in [7, 11) is 10.7. The van der Waals surface area contributed by atoms with Crippen LogP contribution in [0.1, 0.15) is 235 Å². The number of amides is 9. The van der Waals surface area contributed by atoms with Gasteiger partial charge in [0, 0.05) is 166 Å². The maximum absolute atomic E-state index is 14.4. The summed E-state index contributed by atoms with van der Waals surface area (Å²) in [5.74, 6) is -6.41. The van der Waals surface area contributed by atoms with E-state index in [4.69, 9.17) is 62.5 Å². The number of aromatic nitrogens is 1. The number of epoxide rings is 2. The Hall–Kier alpha value is -8.10. The second kappa shape index (κ2) is 59.7. The highest BCUT2D eigenvalue weighted by atomic mass is 35.5. The molecule has 2 aromatic carbocycles. The summed E-state index contributed by atoms with van der Waals surface area (Å²) in [6.07, 6.45) is 6.96. The highest BCUT2D eigenvalue weighted by Crippen LogP contribution is 2.55. The van der Waals surface area contributed by atoms with Gasteiger partial charge in [-0.1, -0.05) is 187 Å². The number of Topliss-reactive ketones (excluding diaryl/α,β-unsaturated/α-hetero) is 2. The predicted molar refractivity (Wildman–Crippen MR) is 591 cm³/mol. The van der Waals surface area contributed by atoms with Gasteiger partial charge in [0.05, 0.1) is 61.1 Å². The molecule has 1 aromatic heterocycles. The molecule has 10 rings (SSSR count). The molecule has 18 atom stereocenters. The van der Waals surface area contributed by atoms with E-state index < -0.39 is 166 Å². The molecule has 0 aliphatic carbocycles. The number of anilines is 2. The van der Waals surface area contributed by atoms with Crippen molar-refractivity contribution in [2.75, 3.05) is 85.0 Å². The number of hydrogen-bond acceptors (Lipinski definition) is 33. The SMILES string of the molecule is C.C.CC.CC.CNC(=O)C(CCSSC(C)(C)CCC(=O)N(C)[C@@H](C)C(=O)C[C@H]1CC(=O)N(C)c2cc(cc(OC)c2Cl)C/C(C)=C/C=C/[C@@H](OC)[C@@]2(O)C[C@H](OC(=O)N2)[C@@H](C)[C@@H]2O[C@@]12C)S(=O)(=O)O.COc1cc2cc(c1Cl)N(C)C(=O)C[C@H](CC(=O)[C@H](C)N(C)C(=O)CCC(C)(C)S)[C@]1(C)O[C@H]1[C@H](C)[C@@H]1C[C@@](O)(NC(=O)O1)[C@H](OC)/C=C/C=C(\C)C2.O=C(ON1C(=O)CCC1=O)C(CCSSc1ccccn1)S(=O)(=O)O.[2H]C. The maximum Gasteiger partial charge on any atom is 0.409 e. The molecule has 38 nitrogen and oxygen atoms in total. The van der Waals surface area contributed by atoms with Crippen molar-refractivity contribution in [2.24, 2.45) is 23.7 Å². The Morgan fingerprint density at radius 1 is 0.647 bits per heavy atom. The Kier molecular flexibility index (Phi) is 53.4. The van der Waals surface area contributed by atoms with Gasteiger partial charge in [-0.25, -0.2) is 19.4 Å². The van der Waals surface area contributed by atoms with Crippen molar-refractivity contribution < 1.29 is 138 Å². The van der Waals surface area contributed by atoms with Gasteiger partial charge in [0.1, 0.15) is 51.0 Å². The smallest absolute Gasteiger partial charge is 0.409 e. The summed E-state index contributed by atoms with van der Waals surface area (Å²) in [5.41, 5.74) is -1.35. The number of fused-ring (bicyclic) bond motifs is 10. The summed E-state index contributed by atoms with van der Waals surface area (Å²) < 4.78 is 117. The normalized spacial score (nSPS) is 26.4. The summed E-state index contributed by atoms with van der Waals surface area (Å²) in [4.78, 5) is 170. The van der Waals surface area contributed by atoms with Gasteiger partial charge in [-0.2, -0.15) is 29.5 Å². The van der Waals surface area contributed by atoms with Crippen LogP contribution in [-0.2, 0) is 114 Å². The van der Waals surface area contributed by atoms with Crippen LogP contribution in [0.25, 0.3) is 0 Å². The first-order chi connectivity index (χ1) is 69.6. The van der Waals surface area contributed by atoms with Crippen LogP contribution in [0.15, 0.2) is 101 Å². The quantitative estimate of drug-likeness (QED) is 0.00701. The van der Waals surface area contributed by atoms with E-state index in [9.17, 15) is 93.7 Å². The van der Waals surface area contributed by atoms with Crippen molar-refractivity contribution in [2.45, 2.75) is 332 Å². The fraction of sp³-hybridized carbons (Fsp3) is 0.641. The number of hydroxylamine groups is 2. The molecular formula is C103H159Cl2N9O29S7. The molecular weight excluding hydrogens is 2120 g/mol. The standard InChI is InChI=1S/C44H65ClN4O13S3.C39H56ClN3O9S.C13H14N2O7S3.2C2H6.3CH4/c1-25-13-12-14-35(60-11)44(55)24-33(61-41(54)47-44)26(2)39-43(6,62-39)29(23-37(52)49(9)30-20-28(19-25)21-32(59-10)38(30)45)22-31(50)27(3)48(8)36(51)15-17-42(4,5)64-63-18-16-34(40(53)46-7)65(56,57)58;1-22-12-11-13-31(50-10)39(48)21-30(51-36(47)41-39)23(2)35-38(6,52-35)26(19-28(44)24(3)42(7)32(45)14-15-37(4,5)53)20-33(46)43(8)27-17-25(16-22)18-29(49-9)34(27)40;16-11-4-5-12(17)15(11)22-13(18)9(25(19,20)21)6-8-23-24-10-3-1-2-7-14-10;2*1-2;;;/h12-14,20-21,26-27,29,33-35,39,55H,15-19,22-24H2,1-11H3,(H,46,53)(H,47,54)(H,56,57,58);11-13,17-18,23-24,26,30-31,35,48,53H,14-16,19-21H2,1-10H3,(H,41,47);1-3,7,9H,4-6,8H2,(H,19,20,21);2*1-2H3;3*1H4/b14-12+,25-13+;13-11+,22-12+;;;;;;/t26-,27+,29+,33+,34?,35-,39+,43+,44+;23-,24+,26+,30+,31-,35+,38+,39+;;;;;;/m11....../s1/i;;;;;1D;;. The van der Waals surface area contributed by atoms with Gasteiger partial charge in [-0.3, -0.25) is 62.9 Å². The van der Waals surface area contributed by atoms with Gasteiger partial charge < -0.3 is 77.9 Å². The fourth-order valence-electron chi connectivity index (χ4n) is 17.4. The number of thiol groups is 1. The number of benzene rings is 2. The lowest BCUT2D eigenvalue weighted by Crippen LogP contribution is -2.63. The molecule has 8 heterocycles. The number of alkyl carbamates (subject to hydrolysis) is 2. The van der Waals surface area contributed by atoms with E-state index in [0.717, 1.165) is 22.3 Å². The average molecular weight is 2280 g/mol. The van der Waals surface area contributed by atoms with Gasteiger partial charge in [-0.05, 0) is 152 Å². The number of ether oxygens (including phenoxy) is 8. The lowest BCUT2D eigenvalue weighted by molar-refractivity contribution is -0.197. The van der Waals surface area contributed by atoms with E-state index in [0.29, 0.717) is 53.6 Å². The summed E-state index contributed by atoms with van der Waals surface area (Å²) in [6.45, 7) is 30.2. The number of pyridine rings is 1. The number of likely N-dealkylation sites (N-methyl/N-ethyl adjacent to an activating group) is 2. The average Bonchev–Trinajstić information content (AvgIpc) is 1.57. The third-order valence-electron chi connectivity index (χ3n) is 26.7. The number of ketones is 2. The first-order valence-corrected chi connectivity index (χ1v) is 57.3. The number of carbonyl (C=O) groups excluding carboxylic acids is 12. The number of nitrogens with zero attached hydrogens (tertiary/aromatic N) is 6. The number of hydrogen-bond donors (Lipinski definition) is 8. The van der Waals surface area contributed by atoms with Crippen LogP contribution in [0.2, 0.25) is 10.0 Å². The van der Waals surface area contributed by atoms with Crippen molar-refractivity contribution in [3.8, 4) is 11.5 Å². The number of methoxy groups -OCH3 is 4. The minimum Gasteiger partial charge on any atom is -0.495 e. The van der Waals surface area contributed by atoms with Gasteiger partial charge >= 0.3 is 18.2 Å². The molecule has 47 heteroatoms. The first kappa shape index (κ1) is 134. The monoisotopic (exact) mass is 2280 g/mol. The second-order valence-electron chi connectivity index (χ2n) is 38.4. The van der Waals surface area contributed by atoms with Gasteiger partial charge in [0.15, 0.2) is 33.5 Å². The number of nitrogens with one attached hydrogen (secondary N) is 3. The molecule has 0 spiro atoms. The molecule has 5 saturated heterocycles. The highest BCUT2D eigenvalue weighted by Gasteiger charge is 2.65. The van der Waals surface area contributed by atoms with Crippen molar-refractivity contribution in [1.82, 2.24) is 35.8 Å². The Morgan fingerprint density at radius 3 is 1.42 bits per heavy atom. The summed E-state index contributed by atoms with van der Waals surface area (Å²) in [6, 6.07) is 10.9. The third kappa shape index (κ3) is 37.6. The van der Waals surface area contributed by atoms with Gasteiger partial charge in [-0.15, -0.1) is 5.06 Å². The minimum absolute atomic E-state index is 0. The van der Waals surface area contributed by atoms with Crippen LogP contribution < -0.4 is 35.2 Å². The Bertz CT molecular complexity index is 5500. The van der Waals surface area contributed by atoms with Crippen LogP contribution in [0.5, 0.6) is 11.5 Å². The number of imide groups is 1. The van der Waals surface area contributed by atoms with Crippen molar-refractivity contribution in [3.63, 3.8) is 0 Å². The zero-order valence-corrected chi connectivity index (χ0v) is 96.5. The molecule has 5 fully saturated rings. The molecule has 3 aromatic rings. The minimum atomic E-state index is -4.75. The van der Waals surface area contributed by atoms with Crippen LogP contribution in [0.3, 0.4) is 0 Å².